The van der Waals surface area contributed by atoms with Crippen LogP contribution in [0.2, 0.25) is 0 Å². The number of hydrogen-bond donors (Lipinski definition) is 2. The molecule has 2 aliphatic heterocycles. The minimum Gasteiger partial charge on any atom is -0.354 e. The molecule has 144 valence electrons. The number of hydrogen-bond acceptors (Lipinski definition) is 5. The monoisotopic (exact) mass is 402 g/mol. The first-order valence-corrected chi connectivity index (χ1v) is 9.75. The molecular weight excluding hydrogens is 380 g/mol. The maximum absolute atomic E-state index is 12.8. The number of amides is 2. The number of likely N-dealkylation sites (tertiary alicyclic amines) is 1. The van der Waals surface area contributed by atoms with E-state index in [1.807, 2.05) is 0 Å². The number of benzene rings is 1. The van der Waals surface area contributed by atoms with Crippen LogP contribution in [0.15, 0.2) is 29.2 Å². The summed E-state index contributed by atoms with van der Waals surface area (Å²) < 4.78 is 26.6. The van der Waals surface area contributed by atoms with Gasteiger partial charge in [-0.05, 0) is 31.0 Å². The van der Waals surface area contributed by atoms with Crippen molar-refractivity contribution in [1.29, 1.82) is 0 Å². The molecule has 2 aliphatic rings. The number of halogens is 1. The molecule has 2 amide bonds. The molecule has 0 saturated carbocycles. The smallest absolute Gasteiger partial charge is 0.254 e. The van der Waals surface area contributed by atoms with Crippen molar-refractivity contribution < 1.29 is 18.0 Å². The number of carbonyl (C=O) groups is 2. The molecule has 1 aromatic carbocycles. The molecule has 3 N–H and O–H groups in total. The topological polar surface area (TPSA) is 113 Å². The molecule has 26 heavy (non-hydrogen) atoms. The fourth-order valence-electron chi connectivity index (χ4n) is 3.27. The Bertz CT molecular complexity index is 786. The number of nitrogens with two attached hydrogens (primary N) is 1. The van der Waals surface area contributed by atoms with Gasteiger partial charge in [0, 0.05) is 37.8 Å². The van der Waals surface area contributed by atoms with E-state index >= 15 is 0 Å². The average Bonchev–Trinajstić information content (AvgIpc) is 3.10. The van der Waals surface area contributed by atoms with Gasteiger partial charge in [-0.15, -0.1) is 12.4 Å². The third-order valence-corrected chi connectivity index (χ3v) is 6.47. The van der Waals surface area contributed by atoms with E-state index in [0.29, 0.717) is 18.7 Å². The van der Waals surface area contributed by atoms with Crippen molar-refractivity contribution in [1.82, 2.24) is 14.5 Å². The second-order valence-electron chi connectivity index (χ2n) is 6.25. The fraction of sp³-hybridized carbons (Fsp3) is 0.500. The molecule has 0 radical (unpaired) electrons. The van der Waals surface area contributed by atoms with Gasteiger partial charge >= 0.3 is 0 Å². The first kappa shape index (κ1) is 20.6. The number of sulfonamides is 1. The Hall–Kier alpha value is -1.68. The van der Waals surface area contributed by atoms with Crippen LogP contribution in [0.1, 0.15) is 23.2 Å². The van der Waals surface area contributed by atoms with Crippen molar-refractivity contribution in [3.8, 4) is 0 Å². The largest absolute Gasteiger partial charge is 0.354 e. The Morgan fingerprint density at radius 1 is 1.31 bits per heavy atom. The van der Waals surface area contributed by atoms with E-state index in [9.17, 15) is 18.0 Å². The van der Waals surface area contributed by atoms with Crippen molar-refractivity contribution in [2.75, 3.05) is 32.7 Å². The van der Waals surface area contributed by atoms with E-state index < -0.39 is 10.0 Å². The standard InChI is InChI=1S/C16H22N4O4S.ClH/c17-10-13-4-2-7-20(13)16(22)12-3-1-5-14(9-12)25(23,24)19-8-6-18-15(21)11-19;/h1,3,5,9,13H,2,4,6-8,10-11,17H2,(H,18,21);1H. The van der Waals surface area contributed by atoms with Gasteiger partial charge in [0.25, 0.3) is 5.91 Å². The summed E-state index contributed by atoms with van der Waals surface area (Å²) >= 11 is 0. The summed E-state index contributed by atoms with van der Waals surface area (Å²) in [7, 11) is -3.82. The Morgan fingerprint density at radius 3 is 2.77 bits per heavy atom. The van der Waals surface area contributed by atoms with Crippen molar-refractivity contribution in [2.45, 2.75) is 23.8 Å². The lowest BCUT2D eigenvalue weighted by Crippen LogP contribution is -2.49. The molecule has 1 unspecified atom stereocenters. The normalized spacial score (nSPS) is 21.2. The number of carbonyl (C=O) groups excluding carboxylic acids is 2. The zero-order valence-corrected chi connectivity index (χ0v) is 15.9. The van der Waals surface area contributed by atoms with Crippen LogP contribution >= 0.6 is 12.4 Å². The van der Waals surface area contributed by atoms with Crippen molar-refractivity contribution in [3.63, 3.8) is 0 Å². The Labute approximate surface area is 159 Å². The van der Waals surface area contributed by atoms with Gasteiger partial charge in [0.05, 0.1) is 11.4 Å². The summed E-state index contributed by atoms with van der Waals surface area (Å²) in [5, 5.41) is 2.60. The van der Waals surface area contributed by atoms with Crippen LogP contribution in [0.3, 0.4) is 0 Å². The molecule has 8 nitrogen and oxygen atoms in total. The second-order valence-corrected chi connectivity index (χ2v) is 8.18. The SMILES string of the molecule is Cl.NCC1CCCN1C(=O)c1cccc(S(=O)(=O)N2CCNC(=O)C2)c1. The lowest BCUT2D eigenvalue weighted by molar-refractivity contribution is -0.122. The molecule has 3 rings (SSSR count). The molecule has 10 heteroatoms. The van der Waals surface area contributed by atoms with Gasteiger partial charge in [-0.25, -0.2) is 8.42 Å². The summed E-state index contributed by atoms with van der Waals surface area (Å²) in [5.41, 5.74) is 6.04. The Balaban J connectivity index is 0.00000243. The molecule has 0 spiro atoms. The number of nitrogens with one attached hydrogen (secondary N) is 1. The third-order valence-electron chi connectivity index (χ3n) is 4.63. The van der Waals surface area contributed by atoms with E-state index in [4.69, 9.17) is 5.73 Å². The van der Waals surface area contributed by atoms with Crippen LogP contribution in [0.4, 0.5) is 0 Å². The van der Waals surface area contributed by atoms with E-state index in [0.717, 1.165) is 17.1 Å². The van der Waals surface area contributed by atoms with Crippen LogP contribution in [-0.2, 0) is 14.8 Å². The summed E-state index contributed by atoms with van der Waals surface area (Å²) in [4.78, 5) is 25.9. The molecule has 2 heterocycles. The van der Waals surface area contributed by atoms with Gasteiger partial charge in [-0.2, -0.15) is 4.31 Å². The highest BCUT2D eigenvalue weighted by Gasteiger charge is 2.31. The lowest BCUT2D eigenvalue weighted by atomic mass is 10.1. The van der Waals surface area contributed by atoms with Crippen LogP contribution in [0.25, 0.3) is 0 Å². The number of rotatable bonds is 4. The summed E-state index contributed by atoms with van der Waals surface area (Å²) in [5.74, 6) is -0.536. The molecule has 1 atom stereocenters. The first-order chi connectivity index (χ1) is 11.9. The molecular formula is C16H23ClN4O4S. The van der Waals surface area contributed by atoms with E-state index in [-0.39, 0.29) is 54.8 Å². The fourth-order valence-corrected chi connectivity index (χ4v) is 4.72. The van der Waals surface area contributed by atoms with E-state index in [1.54, 1.807) is 17.0 Å². The van der Waals surface area contributed by atoms with E-state index in [2.05, 4.69) is 5.32 Å². The molecule has 2 fully saturated rings. The van der Waals surface area contributed by atoms with Crippen LogP contribution in [-0.4, -0.2) is 68.2 Å². The summed E-state index contributed by atoms with van der Waals surface area (Å²) in [6.07, 6.45) is 1.76. The average molecular weight is 403 g/mol. The zero-order chi connectivity index (χ0) is 18.0. The lowest BCUT2D eigenvalue weighted by Gasteiger charge is -2.26. The predicted molar refractivity (Wildman–Crippen MR) is 98.6 cm³/mol. The minimum absolute atomic E-state index is 0. The number of piperazine rings is 1. The first-order valence-electron chi connectivity index (χ1n) is 8.31. The molecule has 2 saturated heterocycles. The van der Waals surface area contributed by atoms with Crippen LogP contribution < -0.4 is 11.1 Å². The third kappa shape index (κ3) is 4.01. The molecule has 0 bridgehead atoms. The highest BCUT2D eigenvalue weighted by Crippen LogP contribution is 2.22. The van der Waals surface area contributed by atoms with Crippen molar-refractivity contribution >= 4 is 34.2 Å². The summed E-state index contributed by atoms with van der Waals surface area (Å²) in [6.45, 7) is 1.31. The van der Waals surface area contributed by atoms with Gasteiger partial charge in [0.15, 0.2) is 0 Å². The Morgan fingerprint density at radius 2 is 2.08 bits per heavy atom. The Kier molecular flexibility index (Phi) is 6.62. The molecule has 0 aliphatic carbocycles. The number of nitrogens with zero attached hydrogens (tertiary/aromatic N) is 2. The minimum atomic E-state index is -3.82. The van der Waals surface area contributed by atoms with E-state index in [1.165, 1.54) is 12.1 Å². The predicted octanol–water partition coefficient (Wildman–Crippen LogP) is -0.208. The maximum Gasteiger partial charge on any atom is 0.254 e. The van der Waals surface area contributed by atoms with Crippen LogP contribution in [0, 0.1) is 0 Å². The van der Waals surface area contributed by atoms with Gasteiger partial charge in [0.2, 0.25) is 15.9 Å². The quantitative estimate of drug-likeness (QED) is 0.723. The zero-order valence-electron chi connectivity index (χ0n) is 14.3. The van der Waals surface area contributed by atoms with Crippen molar-refractivity contribution in [3.05, 3.63) is 29.8 Å². The van der Waals surface area contributed by atoms with Crippen molar-refractivity contribution in [2.24, 2.45) is 5.73 Å². The maximum atomic E-state index is 12.8. The van der Waals surface area contributed by atoms with Gasteiger partial charge < -0.3 is 16.0 Å². The summed E-state index contributed by atoms with van der Waals surface area (Å²) in [6, 6.07) is 5.99. The van der Waals surface area contributed by atoms with Gasteiger partial charge in [0.1, 0.15) is 0 Å². The van der Waals surface area contributed by atoms with Crippen LogP contribution in [0.5, 0.6) is 0 Å². The molecule has 0 aromatic heterocycles. The molecule has 1 aromatic rings. The highest BCUT2D eigenvalue weighted by molar-refractivity contribution is 7.89. The highest BCUT2D eigenvalue weighted by atomic mass is 35.5. The van der Waals surface area contributed by atoms with Gasteiger partial charge in [-0.3, -0.25) is 9.59 Å². The second kappa shape index (κ2) is 8.34. The van der Waals surface area contributed by atoms with Gasteiger partial charge in [-0.1, -0.05) is 6.07 Å².